The molecule has 0 heterocycles. The molecule has 0 spiro atoms. The van der Waals surface area contributed by atoms with Crippen molar-refractivity contribution in [2.75, 3.05) is 0 Å². The van der Waals surface area contributed by atoms with Crippen LogP contribution < -0.4 is 0 Å². The first-order valence-electron chi connectivity index (χ1n) is 4.47. The fourth-order valence-corrected chi connectivity index (χ4v) is 1.49. The number of aliphatic hydroxyl groups excluding tert-OH is 1. The van der Waals surface area contributed by atoms with Crippen molar-refractivity contribution >= 4 is 5.97 Å². The molecule has 1 aromatic carbocycles. The minimum atomic E-state index is -0.989. The van der Waals surface area contributed by atoms with E-state index in [2.05, 4.69) is 0 Å². The van der Waals surface area contributed by atoms with Crippen LogP contribution >= 0.6 is 0 Å². The number of hydrogen-bond donors (Lipinski definition) is 2. The van der Waals surface area contributed by atoms with E-state index < -0.39 is 12.1 Å². The average Bonchev–Trinajstić information content (AvgIpc) is 2.00. The zero-order chi connectivity index (χ0) is 10.7. The minimum Gasteiger partial charge on any atom is -0.481 e. The van der Waals surface area contributed by atoms with Crippen LogP contribution in [0.2, 0.25) is 0 Å². The molecule has 0 saturated heterocycles. The Hall–Kier alpha value is -1.35. The van der Waals surface area contributed by atoms with Crippen LogP contribution in [0.15, 0.2) is 18.2 Å². The van der Waals surface area contributed by atoms with Gasteiger partial charge in [0.05, 0.1) is 12.5 Å². The molecule has 0 bridgehead atoms. The standard InChI is InChI=1S/C11H14O3/c1-7-3-8(2)5-9(4-7)10(12)6-11(13)14/h3-5,10,12H,6H2,1-2H3,(H,13,14)/t10-/m0/s1. The number of benzene rings is 1. The van der Waals surface area contributed by atoms with Crippen molar-refractivity contribution in [2.45, 2.75) is 26.4 Å². The molecule has 0 aliphatic carbocycles. The Morgan fingerprint density at radius 1 is 1.29 bits per heavy atom. The highest BCUT2D eigenvalue weighted by atomic mass is 16.4. The van der Waals surface area contributed by atoms with Gasteiger partial charge in [-0.25, -0.2) is 0 Å². The molecule has 1 aromatic rings. The van der Waals surface area contributed by atoms with E-state index in [4.69, 9.17) is 5.11 Å². The zero-order valence-corrected chi connectivity index (χ0v) is 8.32. The van der Waals surface area contributed by atoms with Crippen LogP contribution in [-0.4, -0.2) is 16.2 Å². The monoisotopic (exact) mass is 194 g/mol. The van der Waals surface area contributed by atoms with E-state index in [0.717, 1.165) is 11.1 Å². The molecular formula is C11H14O3. The van der Waals surface area contributed by atoms with Crippen molar-refractivity contribution in [1.29, 1.82) is 0 Å². The zero-order valence-electron chi connectivity index (χ0n) is 8.32. The number of hydrogen-bond acceptors (Lipinski definition) is 2. The first-order chi connectivity index (χ1) is 6.49. The number of carboxylic acid groups (broad SMARTS) is 1. The summed E-state index contributed by atoms with van der Waals surface area (Å²) in [4.78, 5) is 10.4. The smallest absolute Gasteiger partial charge is 0.306 e. The summed E-state index contributed by atoms with van der Waals surface area (Å²) in [6.07, 6.45) is -1.16. The van der Waals surface area contributed by atoms with Gasteiger partial charge in [0.25, 0.3) is 0 Å². The summed E-state index contributed by atoms with van der Waals surface area (Å²) in [5.74, 6) is -0.989. The van der Waals surface area contributed by atoms with Crippen LogP contribution in [-0.2, 0) is 4.79 Å². The maximum Gasteiger partial charge on any atom is 0.306 e. The molecule has 1 atom stereocenters. The van der Waals surface area contributed by atoms with Gasteiger partial charge in [-0.3, -0.25) is 4.79 Å². The van der Waals surface area contributed by atoms with Crippen molar-refractivity contribution in [3.63, 3.8) is 0 Å². The van der Waals surface area contributed by atoms with Crippen molar-refractivity contribution in [1.82, 2.24) is 0 Å². The van der Waals surface area contributed by atoms with E-state index >= 15 is 0 Å². The lowest BCUT2D eigenvalue weighted by Crippen LogP contribution is -2.05. The van der Waals surface area contributed by atoms with Gasteiger partial charge in [-0.05, 0) is 19.4 Å². The second-order valence-corrected chi connectivity index (χ2v) is 3.53. The summed E-state index contributed by atoms with van der Waals surface area (Å²) < 4.78 is 0. The molecule has 0 fully saturated rings. The molecule has 0 aliphatic rings. The second-order valence-electron chi connectivity index (χ2n) is 3.53. The number of aryl methyl sites for hydroxylation is 2. The molecule has 0 unspecified atom stereocenters. The van der Waals surface area contributed by atoms with Gasteiger partial charge in [-0.15, -0.1) is 0 Å². The quantitative estimate of drug-likeness (QED) is 0.771. The van der Waals surface area contributed by atoms with E-state index in [1.165, 1.54) is 0 Å². The highest BCUT2D eigenvalue weighted by molar-refractivity contribution is 5.67. The summed E-state index contributed by atoms with van der Waals surface area (Å²) in [7, 11) is 0. The van der Waals surface area contributed by atoms with Crippen molar-refractivity contribution in [3.05, 3.63) is 34.9 Å². The summed E-state index contributed by atoms with van der Waals surface area (Å²) in [6.45, 7) is 3.84. The van der Waals surface area contributed by atoms with Crippen molar-refractivity contribution < 1.29 is 15.0 Å². The molecule has 2 N–H and O–H groups in total. The maximum atomic E-state index is 10.4. The third kappa shape index (κ3) is 2.85. The van der Waals surface area contributed by atoms with Crippen molar-refractivity contribution in [2.24, 2.45) is 0 Å². The lowest BCUT2D eigenvalue weighted by molar-refractivity contribution is -0.139. The second kappa shape index (κ2) is 4.24. The maximum absolute atomic E-state index is 10.4. The number of rotatable bonds is 3. The number of carboxylic acids is 1. The molecule has 0 saturated carbocycles. The van der Waals surface area contributed by atoms with Gasteiger partial charge in [-0.2, -0.15) is 0 Å². The Balaban J connectivity index is 2.89. The first-order valence-corrected chi connectivity index (χ1v) is 4.47. The predicted molar refractivity (Wildman–Crippen MR) is 53.1 cm³/mol. The van der Waals surface area contributed by atoms with E-state index in [1.807, 2.05) is 19.9 Å². The summed E-state index contributed by atoms with van der Waals surface area (Å²) in [5.41, 5.74) is 2.73. The molecule has 0 aliphatic heterocycles. The van der Waals surface area contributed by atoms with Crippen molar-refractivity contribution in [3.8, 4) is 0 Å². The van der Waals surface area contributed by atoms with Gasteiger partial charge in [0.15, 0.2) is 0 Å². The number of aliphatic carboxylic acids is 1. The lowest BCUT2D eigenvalue weighted by Gasteiger charge is -2.10. The molecule has 14 heavy (non-hydrogen) atoms. The van der Waals surface area contributed by atoms with E-state index in [0.29, 0.717) is 5.56 Å². The summed E-state index contributed by atoms with van der Waals surface area (Å²) in [5, 5.41) is 18.1. The Morgan fingerprint density at radius 2 is 1.79 bits per heavy atom. The normalized spacial score (nSPS) is 12.5. The SMILES string of the molecule is Cc1cc(C)cc([C@@H](O)CC(=O)O)c1. The Kier molecular flexibility index (Phi) is 3.25. The molecule has 0 radical (unpaired) electrons. The fraction of sp³-hybridized carbons (Fsp3) is 0.364. The van der Waals surface area contributed by atoms with Gasteiger partial charge in [0.2, 0.25) is 0 Å². The molecular weight excluding hydrogens is 180 g/mol. The predicted octanol–water partition coefficient (Wildman–Crippen LogP) is 1.81. The summed E-state index contributed by atoms with van der Waals surface area (Å²) in [6, 6.07) is 5.60. The molecule has 0 amide bonds. The fourth-order valence-electron chi connectivity index (χ4n) is 1.49. The van der Waals surface area contributed by atoms with Crippen LogP contribution in [0, 0.1) is 13.8 Å². The topological polar surface area (TPSA) is 57.5 Å². The first kappa shape index (κ1) is 10.7. The number of carbonyl (C=O) groups is 1. The third-order valence-corrected chi connectivity index (χ3v) is 2.00. The Bertz CT molecular complexity index is 324. The van der Waals surface area contributed by atoms with E-state index in [-0.39, 0.29) is 6.42 Å². The third-order valence-electron chi connectivity index (χ3n) is 2.00. The van der Waals surface area contributed by atoms with Crippen LogP contribution in [0.3, 0.4) is 0 Å². The van der Waals surface area contributed by atoms with Crippen LogP contribution in [0.25, 0.3) is 0 Å². The lowest BCUT2D eigenvalue weighted by atomic mass is 10.0. The van der Waals surface area contributed by atoms with Crippen LogP contribution in [0.1, 0.15) is 29.2 Å². The Morgan fingerprint density at radius 3 is 2.21 bits per heavy atom. The largest absolute Gasteiger partial charge is 0.481 e. The minimum absolute atomic E-state index is 0.247. The van der Waals surface area contributed by atoms with Crippen LogP contribution in [0.5, 0.6) is 0 Å². The van der Waals surface area contributed by atoms with Gasteiger partial charge in [0.1, 0.15) is 0 Å². The Labute approximate surface area is 83.0 Å². The van der Waals surface area contributed by atoms with E-state index in [9.17, 15) is 9.90 Å². The molecule has 76 valence electrons. The average molecular weight is 194 g/mol. The molecule has 3 nitrogen and oxygen atoms in total. The highest BCUT2D eigenvalue weighted by Crippen LogP contribution is 2.19. The van der Waals surface area contributed by atoms with Gasteiger partial charge >= 0.3 is 5.97 Å². The highest BCUT2D eigenvalue weighted by Gasteiger charge is 2.12. The molecule has 3 heteroatoms. The molecule has 1 rings (SSSR count). The molecule has 0 aromatic heterocycles. The number of aliphatic hydroxyl groups is 1. The van der Waals surface area contributed by atoms with Crippen LogP contribution in [0.4, 0.5) is 0 Å². The van der Waals surface area contributed by atoms with E-state index in [1.54, 1.807) is 12.1 Å². The van der Waals surface area contributed by atoms with Gasteiger partial charge < -0.3 is 10.2 Å². The van der Waals surface area contributed by atoms with Gasteiger partial charge in [0, 0.05) is 0 Å². The summed E-state index contributed by atoms with van der Waals surface area (Å²) >= 11 is 0. The van der Waals surface area contributed by atoms with Gasteiger partial charge in [-0.1, -0.05) is 29.3 Å².